The van der Waals surface area contributed by atoms with Crippen LogP contribution in [0.25, 0.3) is 0 Å². The highest BCUT2D eigenvalue weighted by Crippen LogP contribution is 2.20. The van der Waals surface area contributed by atoms with E-state index in [0.717, 1.165) is 12.0 Å². The van der Waals surface area contributed by atoms with Crippen LogP contribution in [-0.4, -0.2) is 64.2 Å². The quantitative estimate of drug-likeness (QED) is 0.384. The minimum absolute atomic E-state index is 0.335. The van der Waals surface area contributed by atoms with E-state index in [-0.39, 0.29) is 5.91 Å². The second-order valence-electron chi connectivity index (χ2n) is 7.45. The molecule has 2 rings (SSSR count). The van der Waals surface area contributed by atoms with Gasteiger partial charge in [-0.1, -0.05) is 36.8 Å². The van der Waals surface area contributed by atoms with E-state index in [2.05, 4.69) is 5.32 Å². The zero-order valence-corrected chi connectivity index (χ0v) is 16.6. The van der Waals surface area contributed by atoms with Crippen LogP contribution >= 0.6 is 0 Å². The summed E-state index contributed by atoms with van der Waals surface area (Å²) in [5.74, 6) is -2.37. The van der Waals surface area contributed by atoms with E-state index < -0.39 is 30.1 Å². The molecule has 1 aliphatic heterocycles. The molecule has 0 aromatic heterocycles. The highest BCUT2D eigenvalue weighted by atomic mass is 16.4. The number of amides is 1. The molecular weight excluding hydrogens is 374 g/mol. The third-order valence-corrected chi connectivity index (χ3v) is 5.33. The summed E-state index contributed by atoms with van der Waals surface area (Å²) in [5, 5.41) is 22.0. The maximum atomic E-state index is 13.1. The van der Waals surface area contributed by atoms with E-state index in [4.69, 9.17) is 5.73 Å². The van der Waals surface area contributed by atoms with Gasteiger partial charge in [0.2, 0.25) is 5.91 Å². The number of rotatable bonds is 12. The number of carboxylic acid groups (broad SMARTS) is 2. The van der Waals surface area contributed by atoms with Crippen molar-refractivity contribution in [2.24, 2.45) is 5.73 Å². The van der Waals surface area contributed by atoms with E-state index in [0.29, 0.717) is 51.6 Å². The predicted octanol–water partition coefficient (Wildman–Crippen LogP) is 1.24. The fourth-order valence-electron chi connectivity index (χ4n) is 3.73. The van der Waals surface area contributed by atoms with Crippen molar-refractivity contribution in [2.45, 2.75) is 63.1 Å². The van der Waals surface area contributed by atoms with Crippen LogP contribution in [0.3, 0.4) is 0 Å². The summed E-state index contributed by atoms with van der Waals surface area (Å²) in [6.45, 7) is 0.866. The highest BCUT2D eigenvalue weighted by Gasteiger charge is 2.38. The topological polar surface area (TPSA) is 133 Å². The molecule has 8 heteroatoms. The number of aryl methyl sites for hydroxylation is 1. The fourth-order valence-corrected chi connectivity index (χ4v) is 3.73. The van der Waals surface area contributed by atoms with Gasteiger partial charge in [0.25, 0.3) is 0 Å². The van der Waals surface area contributed by atoms with Gasteiger partial charge in [-0.25, -0.2) is 4.79 Å². The molecule has 1 amide bonds. The first-order chi connectivity index (χ1) is 13.9. The molecular formula is C21H31N3O5. The lowest BCUT2D eigenvalue weighted by atomic mass is 10.0. The predicted molar refractivity (Wildman–Crippen MR) is 108 cm³/mol. The monoisotopic (exact) mass is 405 g/mol. The lowest BCUT2D eigenvalue weighted by Crippen LogP contribution is -2.54. The van der Waals surface area contributed by atoms with Crippen molar-refractivity contribution < 1.29 is 24.6 Å². The molecule has 0 spiro atoms. The van der Waals surface area contributed by atoms with Gasteiger partial charge in [0.1, 0.15) is 12.1 Å². The average Bonchev–Trinajstić information content (AvgIpc) is 3.20. The summed E-state index contributed by atoms with van der Waals surface area (Å²) in [5.41, 5.74) is 6.57. The Morgan fingerprint density at radius 3 is 2.45 bits per heavy atom. The van der Waals surface area contributed by atoms with Crippen molar-refractivity contribution in [1.29, 1.82) is 0 Å². The molecule has 8 nitrogen and oxygen atoms in total. The number of unbranched alkanes of at least 4 members (excludes halogenated alkanes) is 1. The number of benzene rings is 1. The third-order valence-electron chi connectivity index (χ3n) is 5.33. The molecule has 0 aliphatic carbocycles. The summed E-state index contributed by atoms with van der Waals surface area (Å²) < 4.78 is 0. The van der Waals surface area contributed by atoms with Crippen LogP contribution < -0.4 is 11.1 Å². The fraction of sp³-hybridized carbons (Fsp3) is 0.571. The van der Waals surface area contributed by atoms with E-state index in [1.807, 2.05) is 30.3 Å². The Kier molecular flexibility index (Phi) is 9.08. The first-order valence-electron chi connectivity index (χ1n) is 10.2. The van der Waals surface area contributed by atoms with Crippen molar-refractivity contribution in [1.82, 2.24) is 10.2 Å². The van der Waals surface area contributed by atoms with Crippen LogP contribution in [0.5, 0.6) is 0 Å². The minimum atomic E-state index is -1.02. The number of carbonyl (C=O) groups excluding carboxylic acids is 1. The van der Waals surface area contributed by atoms with Crippen LogP contribution in [0, 0.1) is 0 Å². The number of carbonyl (C=O) groups is 3. The number of nitrogens with two attached hydrogens (primary N) is 1. The largest absolute Gasteiger partial charge is 0.480 e. The lowest BCUT2D eigenvalue weighted by molar-refractivity contribution is -0.149. The number of aliphatic carboxylic acids is 2. The number of carboxylic acids is 2. The molecule has 2 unspecified atom stereocenters. The molecule has 1 heterocycles. The SMILES string of the molecule is NCCCCC(NC(CCc1ccccc1)C(=O)O)C(=O)N1CCC[C@H]1C(=O)O. The molecule has 0 saturated carbocycles. The molecule has 160 valence electrons. The molecule has 1 saturated heterocycles. The Labute approximate surface area is 171 Å². The van der Waals surface area contributed by atoms with Gasteiger partial charge in [-0.2, -0.15) is 0 Å². The van der Waals surface area contributed by atoms with Crippen molar-refractivity contribution >= 4 is 17.8 Å². The summed E-state index contributed by atoms with van der Waals surface area (Å²) in [4.78, 5) is 37.7. The van der Waals surface area contributed by atoms with Crippen LogP contribution in [0.1, 0.15) is 44.1 Å². The molecule has 1 aromatic carbocycles. The first-order valence-corrected chi connectivity index (χ1v) is 10.2. The minimum Gasteiger partial charge on any atom is -0.480 e. The van der Waals surface area contributed by atoms with Crippen molar-refractivity contribution in [3.8, 4) is 0 Å². The Morgan fingerprint density at radius 2 is 1.83 bits per heavy atom. The molecule has 0 bridgehead atoms. The van der Waals surface area contributed by atoms with E-state index in [9.17, 15) is 24.6 Å². The Balaban J connectivity index is 2.08. The van der Waals surface area contributed by atoms with E-state index in [1.165, 1.54) is 4.90 Å². The second kappa shape index (κ2) is 11.5. The van der Waals surface area contributed by atoms with Crippen LogP contribution in [0.15, 0.2) is 30.3 Å². The molecule has 1 aromatic rings. The van der Waals surface area contributed by atoms with Crippen LogP contribution in [-0.2, 0) is 20.8 Å². The molecule has 1 aliphatic rings. The molecule has 5 N–H and O–H groups in total. The van der Waals surface area contributed by atoms with Gasteiger partial charge in [-0.15, -0.1) is 0 Å². The number of nitrogens with zero attached hydrogens (tertiary/aromatic N) is 1. The van der Waals surface area contributed by atoms with Gasteiger partial charge < -0.3 is 20.8 Å². The number of nitrogens with one attached hydrogen (secondary N) is 1. The lowest BCUT2D eigenvalue weighted by Gasteiger charge is -2.29. The zero-order valence-electron chi connectivity index (χ0n) is 16.6. The molecule has 29 heavy (non-hydrogen) atoms. The number of likely N-dealkylation sites (tertiary alicyclic amines) is 1. The van der Waals surface area contributed by atoms with Crippen LogP contribution in [0.4, 0.5) is 0 Å². The summed E-state index contributed by atoms with van der Waals surface area (Å²) in [6, 6.07) is 7.10. The summed E-state index contributed by atoms with van der Waals surface area (Å²) in [6.07, 6.45) is 3.76. The van der Waals surface area contributed by atoms with Crippen molar-refractivity contribution in [3.63, 3.8) is 0 Å². The zero-order chi connectivity index (χ0) is 21.2. The maximum Gasteiger partial charge on any atom is 0.326 e. The van der Waals surface area contributed by atoms with Gasteiger partial charge in [0.05, 0.1) is 6.04 Å². The molecule has 3 atom stereocenters. The summed E-state index contributed by atoms with van der Waals surface area (Å²) >= 11 is 0. The smallest absolute Gasteiger partial charge is 0.326 e. The maximum absolute atomic E-state index is 13.1. The van der Waals surface area contributed by atoms with Crippen molar-refractivity contribution in [3.05, 3.63) is 35.9 Å². The van der Waals surface area contributed by atoms with Crippen molar-refractivity contribution in [2.75, 3.05) is 13.1 Å². The first kappa shape index (κ1) is 22.8. The standard InChI is InChI=1S/C21H31N3O5/c22-13-5-4-9-16(19(25)24-14-6-10-18(24)21(28)29)23-17(20(26)27)12-11-15-7-2-1-3-8-15/h1-3,7-8,16-18,23H,4-6,9-14,22H2,(H,26,27)(H,28,29)/t16?,17?,18-/m0/s1. The van der Waals surface area contributed by atoms with E-state index in [1.54, 1.807) is 0 Å². The third kappa shape index (κ3) is 6.83. The normalized spacial score (nSPS) is 18.4. The highest BCUT2D eigenvalue weighted by molar-refractivity contribution is 5.88. The van der Waals surface area contributed by atoms with Gasteiger partial charge >= 0.3 is 11.9 Å². The van der Waals surface area contributed by atoms with Crippen LogP contribution in [0.2, 0.25) is 0 Å². The Morgan fingerprint density at radius 1 is 1.10 bits per heavy atom. The van der Waals surface area contributed by atoms with Gasteiger partial charge in [0.15, 0.2) is 0 Å². The molecule has 0 radical (unpaired) electrons. The Hall–Kier alpha value is -2.45. The van der Waals surface area contributed by atoms with Gasteiger partial charge in [-0.05, 0) is 50.6 Å². The number of hydrogen-bond donors (Lipinski definition) is 4. The van der Waals surface area contributed by atoms with Gasteiger partial charge in [0, 0.05) is 6.54 Å². The summed E-state index contributed by atoms with van der Waals surface area (Å²) in [7, 11) is 0. The second-order valence-corrected chi connectivity index (χ2v) is 7.45. The Bertz CT molecular complexity index is 682. The average molecular weight is 405 g/mol. The van der Waals surface area contributed by atoms with Gasteiger partial charge in [-0.3, -0.25) is 14.9 Å². The number of hydrogen-bond acceptors (Lipinski definition) is 5. The molecule has 1 fully saturated rings. The van der Waals surface area contributed by atoms with E-state index >= 15 is 0 Å².